The number of para-hydroxylation sites is 1. The number of hydrogen-bond acceptors (Lipinski definition) is 6. The van der Waals surface area contributed by atoms with E-state index >= 15 is 0 Å². The maximum Gasteiger partial charge on any atom is 0.356 e. The summed E-state index contributed by atoms with van der Waals surface area (Å²) in [6, 6.07) is 9.78. The van der Waals surface area contributed by atoms with Crippen molar-refractivity contribution in [3.63, 3.8) is 0 Å². The number of esters is 1. The van der Waals surface area contributed by atoms with Gasteiger partial charge in [0.1, 0.15) is 11.4 Å². The van der Waals surface area contributed by atoms with Crippen LogP contribution in [0.25, 0.3) is 11.4 Å². The highest BCUT2D eigenvalue weighted by atomic mass is 16.5. The molecule has 1 aliphatic rings. The van der Waals surface area contributed by atoms with Crippen LogP contribution in [0, 0.1) is 0 Å². The Balaban J connectivity index is 1.77. The van der Waals surface area contributed by atoms with E-state index in [1.54, 1.807) is 18.7 Å². The quantitative estimate of drug-likeness (QED) is 0.717. The summed E-state index contributed by atoms with van der Waals surface area (Å²) in [7, 11) is 1.77. The van der Waals surface area contributed by atoms with Crippen molar-refractivity contribution in [2.75, 3.05) is 11.9 Å². The maximum absolute atomic E-state index is 12.4. The van der Waals surface area contributed by atoms with E-state index in [9.17, 15) is 4.79 Å². The number of rotatable bonds is 4. The van der Waals surface area contributed by atoms with E-state index in [1.165, 1.54) is 0 Å². The lowest BCUT2D eigenvalue weighted by Crippen LogP contribution is -2.12. The zero-order valence-electron chi connectivity index (χ0n) is 15.4. The van der Waals surface area contributed by atoms with Crippen LogP contribution in [0.1, 0.15) is 35.0 Å². The standard InChI is InChI=1S/C20H21N5O2/c1-3-27-19(26)18-15-11-7-8-13-12-21-20(22-14-9-5-4-6-10-14)23-16(13)17(15)24-25(18)2/h4-6,9-10,12H,3,7-8,11H2,1-2H3,(H,21,22,23). The highest BCUT2D eigenvalue weighted by Gasteiger charge is 2.28. The summed E-state index contributed by atoms with van der Waals surface area (Å²) in [6.45, 7) is 2.14. The van der Waals surface area contributed by atoms with Gasteiger partial charge in [-0.25, -0.2) is 14.8 Å². The van der Waals surface area contributed by atoms with Crippen LogP contribution in [0.5, 0.6) is 0 Å². The molecule has 0 fully saturated rings. The van der Waals surface area contributed by atoms with Gasteiger partial charge in [-0.3, -0.25) is 4.68 Å². The topological polar surface area (TPSA) is 81.9 Å². The van der Waals surface area contributed by atoms with Crippen molar-refractivity contribution < 1.29 is 9.53 Å². The molecule has 0 atom stereocenters. The summed E-state index contributed by atoms with van der Waals surface area (Å²) < 4.78 is 6.82. The molecule has 0 saturated carbocycles. The largest absolute Gasteiger partial charge is 0.461 e. The molecule has 1 aromatic carbocycles. The van der Waals surface area contributed by atoms with Crippen molar-refractivity contribution in [3.8, 4) is 11.4 Å². The Labute approximate surface area is 157 Å². The van der Waals surface area contributed by atoms with E-state index in [1.807, 2.05) is 36.5 Å². The number of nitrogens with zero attached hydrogens (tertiary/aromatic N) is 4. The van der Waals surface area contributed by atoms with E-state index in [4.69, 9.17) is 9.72 Å². The number of fused-ring (bicyclic) bond motifs is 3. The maximum atomic E-state index is 12.4. The van der Waals surface area contributed by atoms with Gasteiger partial charge in [-0.2, -0.15) is 5.10 Å². The van der Waals surface area contributed by atoms with Crippen LogP contribution in [-0.4, -0.2) is 32.3 Å². The first-order valence-corrected chi connectivity index (χ1v) is 9.08. The van der Waals surface area contributed by atoms with Gasteiger partial charge >= 0.3 is 5.97 Å². The van der Waals surface area contributed by atoms with Crippen LogP contribution < -0.4 is 5.32 Å². The summed E-state index contributed by atoms with van der Waals surface area (Å²) in [5.74, 6) is 0.171. The Morgan fingerprint density at radius 2 is 2.04 bits per heavy atom. The van der Waals surface area contributed by atoms with Gasteiger partial charge in [0.25, 0.3) is 0 Å². The Bertz CT molecular complexity index is 982. The number of aryl methyl sites for hydroxylation is 2. The lowest BCUT2D eigenvalue weighted by atomic mass is 10.1. The van der Waals surface area contributed by atoms with E-state index < -0.39 is 0 Å². The minimum atomic E-state index is -0.339. The van der Waals surface area contributed by atoms with Crippen LogP contribution >= 0.6 is 0 Å². The molecule has 0 amide bonds. The zero-order chi connectivity index (χ0) is 18.8. The van der Waals surface area contributed by atoms with Crippen LogP contribution in [0.2, 0.25) is 0 Å². The minimum absolute atomic E-state index is 0.336. The molecule has 1 aliphatic carbocycles. The Morgan fingerprint density at radius 3 is 2.81 bits per heavy atom. The molecule has 27 heavy (non-hydrogen) atoms. The number of anilines is 2. The summed E-state index contributed by atoms with van der Waals surface area (Å²) in [4.78, 5) is 21.6. The van der Waals surface area contributed by atoms with Gasteiger partial charge in [0.05, 0.1) is 12.3 Å². The predicted molar refractivity (Wildman–Crippen MR) is 102 cm³/mol. The number of ether oxygens (including phenoxy) is 1. The third-order valence-corrected chi connectivity index (χ3v) is 4.61. The van der Waals surface area contributed by atoms with Crippen LogP contribution in [-0.2, 0) is 24.6 Å². The van der Waals surface area contributed by atoms with Crippen molar-refractivity contribution in [1.29, 1.82) is 0 Å². The number of aromatic nitrogens is 4. The lowest BCUT2D eigenvalue weighted by molar-refractivity contribution is 0.0512. The SMILES string of the molecule is CCOC(=O)c1c2c(nn1C)-c1nc(Nc3ccccc3)ncc1CCC2. The Hall–Kier alpha value is -3.22. The summed E-state index contributed by atoms with van der Waals surface area (Å²) in [5, 5.41) is 7.82. The molecule has 0 unspecified atom stereocenters. The van der Waals surface area contributed by atoms with Gasteiger partial charge in [-0.05, 0) is 43.9 Å². The second-order valence-corrected chi connectivity index (χ2v) is 6.43. The van der Waals surface area contributed by atoms with E-state index in [2.05, 4.69) is 15.4 Å². The van der Waals surface area contributed by atoms with Gasteiger partial charge in [0.2, 0.25) is 5.95 Å². The van der Waals surface area contributed by atoms with Crippen molar-refractivity contribution in [2.45, 2.75) is 26.2 Å². The smallest absolute Gasteiger partial charge is 0.356 e. The fraction of sp³-hybridized carbons (Fsp3) is 0.300. The van der Waals surface area contributed by atoms with Gasteiger partial charge in [0, 0.05) is 24.5 Å². The third kappa shape index (κ3) is 3.28. The number of carbonyl (C=O) groups is 1. The molecular formula is C20H21N5O2. The molecule has 0 saturated heterocycles. The number of benzene rings is 1. The molecule has 0 aliphatic heterocycles. The average molecular weight is 363 g/mol. The molecule has 1 N–H and O–H groups in total. The van der Waals surface area contributed by atoms with Gasteiger partial charge in [-0.1, -0.05) is 18.2 Å². The van der Waals surface area contributed by atoms with Gasteiger partial charge in [-0.15, -0.1) is 0 Å². The average Bonchev–Trinajstić information content (AvgIpc) is 2.90. The van der Waals surface area contributed by atoms with Crippen molar-refractivity contribution in [1.82, 2.24) is 19.7 Å². The summed E-state index contributed by atoms with van der Waals surface area (Å²) in [5.41, 5.74) is 4.89. The molecule has 7 nitrogen and oxygen atoms in total. The second kappa shape index (κ2) is 7.19. The fourth-order valence-electron chi connectivity index (χ4n) is 3.41. The first kappa shape index (κ1) is 17.2. The Kier molecular flexibility index (Phi) is 4.58. The molecule has 0 spiro atoms. The molecule has 2 heterocycles. The zero-order valence-corrected chi connectivity index (χ0v) is 15.4. The van der Waals surface area contributed by atoms with E-state index in [0.717, 1.165) is 47.5 Å². The number of carbonyl (C=O) groups excluding carboxylic acids is 1. The van der Waals surface area contributed by atoms with Crippen LogP contribution in [0.4, 0.5) is 11.6 Å². The molecule has 4 rings (SSSR count). The first-order valence-electron chi connectivity index (χ1n) is 9.08. The van der Waals surface area contributed by atoms with Crippen molar-refractivity contribution in [2.24, 2.45) is 7.05 Å². The van der Waals surface area contributed by atoms with Gasteiger partial charge in [0.15, 0.2) is 0 Å². The lowest BCUT2D eigenvalue weighted by Gasteiger charge is -2.08. The van der Waals surface area contributed by atoms with Gasteiger partial charge < -0.3 is 10.1 Å². The monoisotopic (exact) mass is 363 g/mol. The van der Waals surface area contributed by atoms with Crippen molar-refractivity contribution >= 4 is 17.6 Å². The van der Waals surface area contributed by atoms with Crippen LogP contribution in [0.3, 0.4) is 0 Å². The first-order chi connectivity index (χ1) is 13.2. The van der Waals surface area contributed by atoms with E-state index in [0.29, 0.717) is 18.2 Å². The van der Waals surface area contributed by atoms with E-state index in [-0.39, 0.29) is 5.97 Å². The predicted octanol–water partition coefficient (Wildman–Crippen LogP) is 3.29. The molecule has 3 aromatic rings. The highest BCUT2D eigenvalue weighted by molar-refractivity contribution is 5.91. The molecule has 2 aromatic heterocycles. The normalized spacial score (nSPS) is 12.7. The van der Waals surface area contributed by atoms with Crippen molar-refractivity contribution in [3.05, 3.63) is 53.3 Å². The Morgan fingerprint density at radius 1 is 1.22 bits per heavy atom. The molecule has 0 bridgehead atoms. The molecule has 0 radical (unpaired) electrons. The second-order valence-electron chi connectivity index (χ2n) is 6.43. The fourth-order valence-corrected chi connectivity index (χ4v) is 3.41. The summed E-state index contributed by atoms with van der Waals surface area (Å²) >= 11 is 0. The molecule has 7 heteroatoms. The molecular weight excluding hydrogens is 342 g/mol. The number of nitrogens with one attached hydrogen (secondary N) is 1. The highest BCUT2D eigenvalue weighted by Crippen LogP contribution is 2.33. The third-order valence-electron chi connectivity index (χ3n) is 4.61. The minimum Gasteiger partial charge on any atom is -0.461 e. The summed E-state index contributed by atoms with van der Waals surface area (Å²) in [6.07, 6.45) is 4.37. The van der Waals surface area contributed by atoms with Crippen LogP contribution in [0.15, 0.2) is 36.5 Å². The number of hydrogen-bond donors (Lipinski definition) is 1. The molecule has 138 valence electrons.